The van der Waals surface area contributed by atoms with E-state index in [0.717, 1.165) is 11.8 Å². The molecule has 0 heterocycles. The van der Waals surface area contributed by atoms with E-state index in [1.807, 2.05) is 58.9 Å². The zero-order valence-corrected chi connectivity index (χ0v) is 25.0. The minimum Gasteiger partial charge on any atom is -0.497 e. The van der Waals surface area contributed by atoms with E-state index >= 15 is 0 Å². The number of carbonyl (C=O) groups excluding carboxylic acids is 2. The molecule has 1 unspecified atom stereocenters. The largest absolute Gasteiger partial charge is 0.497 e. The average molecular weight is 562 g/mol. The molecule has 1 N–H and O–H groups in total. The van der Waals surface area contributed by atoms with Crippen molar-refractivity contribution in [3.63, 3.8) is 0 Å². The molecule has 0 spiro atoms. The lowest BCUT2D eigenvalue weighted by molar-refractivity contribution is -0.142. The van der Waals surface area contributed by atoms with Crippen LogP contribution in [-0.4, -0.2) is 63.2 Å². The van der Waals surface area contributed by atoms with Crippen LogP contribution in [0.15, 0.2) is 48.5 Å². The molecule has 0 radical (unpaired) electrons. The van der Waals surface area contributed by atoms with Gasteiger partial charge in [0.2, 0.25) is 21.8 Å². The molecule has 0 aromatic heterocycles. The summed E-state index contributed by atoms with van der Waals surface area (Å²) in [6.45, 7) is 10.3. The predicted molar refractivity (Wildman–Crippen MR) is 155 cm³/mol. The summed E-state index contributed by atoms with van der Waals surface area (Å²) in [5.41, 5.74) is 0.873. The molecule has 9 nitrogen and oxygen atoms in total. The van der Waals surface area contributed by atoms with Crippen molar-refractivity contribution in [2.24, 2.45) is 0 Å². The van der Waals surface area contributed by atoms with Gasteiger partial charge in [-0.3, -0.25) is 13.9 Å². The van der Waals surface area contributed by atoms with Gasteiger partial charge in [0.25, 0.3) is 0 Å². The van der Waals surface area contributed by atoms with Crippen LogP contribution in [-0.2, 0) is 26.2 Å². The van der Waals surface area contributed by atoms with Crippen molar-refractivity contribution in [3.8, 4) is 11.5 Å². The third-order valence-corrected chi connectivity index (χ3v) is 7.15. The number of sulfonamides is 1. The summed E-state index contributed by atoms with van der Waals surface area (Å²) >= 11 is 0. The first-order valence-electron chi connectivity index (χ1n) is 13.2. The fourth-order valence-electron chi connectivity index (χ4n) is 4.22. The summed E-state index contributed by atoms with van der Waals surface area (Å²) in [7, 11) is -2.01. The lowest BCUT2D eigenvalue weighted by atomic mass is 10.0. The number of nitrogens with one attached hydrogen (secondary N) is 1. The molecule has 2 amide bonds. The van der Waals surface area contributed by atoms with Crippen LogP contribution in [0.2, 0.25) is 0 Å². The molecular weight excluding hydrogens is 518 g/mol. The average Bonchev–Trinajstić information content (AvgIpc) is 2.85. The highest BCUT2D eigenvalue weighted by molar-refractivity contribution is 7.92. The van der Waals surface area contributed by atoms with Crippen LogP contribution in [0.5, 0.6) is 11.5 Å². The number of methoxy groups -OCH3 is 1. The summed E-state index contributed by atoms with van der Waals surface area (Å²) < 4.78 is 37.2. The van der Waals surface area contributed by atoms with Crippen LogP contribution >= 0.6 is 0 Å². The van der Waals surface area contributed by atoms with Gasteiger partial charge in [-0.2, -0.15) is 0 Å². The van der Waals surface area contributed by atoms with E-state index in [0.29, 0.717) is 30.2 Å². The molecule has 2 aromatic rings. The molecule has 0 saturated heterocycles. The first-order chi connectivity index (χ1) is 18.3. The molecule has 10 heteroatoms. The third-order valence-electron chi connectivity index (χ3n) is 5.96. The minimum atomic E-state index is -3.58. The van der Waals surface area contributed by atoms with Crippen LogP contribution < -0.4 is 19.1 Å². The Morgan fingerprint density at radius 1 is 1.03 bits per heavy atom. The summed E-state index contributed by atoms with van der Waals surface area (Å²) in [5.74, 6) is 0.853. The Bertz CT molecular complexity index is 1190. The quantitative estimate of drug-likeness (QED) is 0.367. The van der Waals surface area contributed by atoms with Crippen LogP contribution in [0.4, 0.5) is 5.69 Å². The van der Waals surface area contributed by atoms with Crippen molar-refractivity contribution in [1.29, 1.82) is 0 Å². The second kappa shape index (κ2) is 14.2. The van der Waals surface area contributed by atoms with Crippen molar-refractivity contribution < 1.29 is 27.5 Å². The highest BCUT2D eigenvalue weighted by atomic mass is 32.2. The topological polar surface area (TPSA) is 105 Å². The van der Waals surface area contributed by atoms with Gasteiger partial charge in [-0.25, -0.2) is 8.42 Å². The van der Waals surface area contributed by atoms with Gasteiger partial charge in [-0.05, 0) is 82.5 Å². The van der Waals surface area contributed by atoms with Gasteiger partial charge < -0.3 is 19.7 Å². The maximum Gasteiger partial charge on any atom is 0.243 e. The number of nitrogens with zero attached hydrogens (tertiary/aromatic N) is 2. The Hall–Kier alpha value is -3.27. The van der Waals surface area contributed by atoms with E-state index in [9.17, 15) is 18.0 Å². The van der Waals surface area contributed by atoms with Gasteiger partial charge in [-0.1, -0.05) is 19.1 Å². The van der Waals surface area contributed by atoms with Gasteiger partial charge in [-0.15, -0.1) is 0 Å². The van der Waals surface area contributed by atoms with E-state index in [1.165, 1.54) is 4.31 Å². The molecule has 39 heavy (non-hydrogen) atoms. The second-order valence-corrected chi connectivity index (χ2v) is 12.3. The van der Waals surface area contributed by atoms with E-state index in [-0.39, 0.29) is 37.7 Å². The molecule has 2 aromatic carbocycles. The summed E-state index contributed by atoms with van der Waals surface area (Å²) in [4.78, 5) is 28.4. The van der Waals surface area contributed by atoms with E-state index < -0.39 is 21.6 Å². The monoisotopic (exact) mass is 561 g/mol. The Morgan fingerprint density at radius 2 is 1.69 bits per heavy atom. The number of hydrogen-bond acceptors (Lipinski definition) is 6. The number of benzene rings is 2. The van der Waals surface area contributed by atoms with E-state index in [4.69, 9.17) is 9.47 Å². The Morgan fingerprint density at radius 3 is 2.23 bits per heavy atom. The zero-order chi connectivity index (χ0) is 29.2. The smallest absolute Gasteiger partial charge is 0.243 e. The molecule has 0 aliphatic carbocycles. The minimum absolute atomic E-state index is 0.0757. The summed E-state index contributed by atoms with van der Waals surface area (Å²) in [5, 5.41) is 2.99. The van der Waals surface area contributed by atoms with E-state index in [1.54, 1.807) is 36.3 Å². The molecular formula is C29H43N3O6S. The van der Waals surface area contributed by atoms with Crippen LogP contribution in [0.1, 0.15) is 59.4 Å². The molecule has 2 rings (SSSR count). The van der Waals surface area contributed by atoms with Crippen molar-refractivity contribution in [2.45, 2.75) is 72.0 Å². The Balaban J connectivity index is 2.24. The van der Waals surface area contributed by atoms with Gasteiger partial charge in [0.05, 0.1) is 25.7 Å². The van der Waals surface area contributed by atoms with Gasteiger partial charge in [0, 0.05) is 25.0 Å². The highest BCUT2D eigenvalue weighted by Crippen LogP contribution is 2.23. The van der Waals surface area contributed by atoms with Gasteiger partial charge in [0.1, 0.15) is 17.5 Å². The molecule has 0 bridgehead atoms. The lowest BCUT2D eigenvalue weighted by Crippen LogP contribution is -2.53. The first-order valence-corrected chi connectivity index (χ1v) is 15.1. The Labute approximate surface area is 233 Å². The van der Waals surface area contributed by atoms with Gasteiger partial charge >= 0.3 is 0 Å². The number of hydrogen-bond donors (Lipinski definition) is 1. The molecule has 0 saturated carbocycles. The molecule has 1 atom stereocenters. The van der Waals surface area contributed by atoms with Crippen LogP contribution in [0, 0.1) is 0 Å². The first kappa shape index (κ1) is 31.9. The molecule has 0 aliphatic rings. The maximum absolute atomic E-state index is 13.6. The number of ether oxygens (including phenoxy) is 2. The fraction of sp³-hybridized carbons (Fsp3) is 0.517. The molecule has 0 fully saturated rings. The molecule has 0 aliphatic heterocycles. The van der Waals surface area contributed by atoms with Crippen LogP contribution in [0.3, 0.4) is 0 Å². The highest BCUT2D eigenvalue weighted by Gasteiger charge is 2.30. The lowest BCUT2D eigenvalue weighted by Gasteiger charge is -2.33. The third kappa shape index (κ3) is 10.1. The van der Waals surface area contributed by atoms with E-state index in [2.05, 4.69) is 5.32 Å². The standard InChI is InChI=1S/C29H43N3O6S/c1-8-26(28(34)30-29(3,4)5)31(21-22-12-10-13-25(20-22)37-6)27(33)14-11-19-32(39(7,35)36)23-15-17-24(18-16-23)38-9-2/h10,12-13,15-18,20,26H,8-9,11,14,19,21H2,1-7H3,(H,30,34). The van der Waals surface area contributed by atoms with Crippen molar-refractivity contribution in [3.05, 3.63) is 54.1 Å². The summed E-state index contributed by atoms with van der Waals surface area (Å²) in [6, 6.07) is 13.5. The molecule has 216 valence electrons. The number of carbonyl (C=O) groups is 2. The summed E-state index contributed by atoms with van der Waals surface area (Å²) in [6.07, 6.45) is 1.93. The van der Waals surface area contributed by atoms with Crippen molar-refractivity contribution in [1.82, 2.24) is 10.2 Å². The Kier molecular flexibility index (Phi) is 11.6. The zero-order valence-electron chi connectivity index (χ0n) is 24.2. The van der Waals surface area contributed by atoms with Gasteiger partial charge in [0.15, 0.2) is 0 Å². The van der Waals surface area contributed by atoms with Crippen LogP contribution in [0.25, 0.3) is 0 Å². The second-order valence-electron chi connectivity index (χ2n) is 10.4. The predicted octanol–water partition coefficient (Wildman–Crippen LogP) is 4.36. The SMILES string of the molecule is CCOc1ccc(N(CCCC(=O)N(Cc2cccc(OC)c2)C(CC)C(=O)NC(C)(C)C)S(C)(=O)=O)cc1. The van der Waals surface area contributed by atoms with Crippen molar-refractivity contribution >= 4 is 27.5 Å². The number of rotatable bonds is 14. The fourth-order valence-corrected chi connectivity index (χ4v) is 5.18. The number of anilines is 1. The number of amides is 2. The van der Waals surface area contributed by atoms with Crippen molar-refractivity contribution in [2.75, 3.05) is 30.8 Å². The normalized spacial score (nSPS) is 12.4. The maximum atomic E-state index is 13.6.